The topological polar surface area (TPSA) is 87.7 Å². The van der Waals surface area contributed by atoms with E-state index in [-0.39, 0.29) is 23.7 Å². The number of thiocarbonyl (C=S) groups is 1. The zero-order valence-corrected chi connectivity index (χ0v) is 12.0. The number of hydrogen-bond donors (Lipinski definition) is 3. The first kappa shape index (κ1) is 15.9. The van der Waals surface area contributed by atoms with Gasteiger partial charge in [-0.05, 0) is 36.8 Å². The number of rotatable bonds is 4. The molecule has 7 heteroatoms. The Morgan fingerprint density at radius 2 is 2.05 bits per heavy atom. The number of carbonyl (C=O) groups is 2. The molecule has 1 rings (SSSR count). The minimum Gasteiger partial charge on any atom is -0.506 e. The summed E-state index contributed by atoms with van der Waals surface area (Å²) in [6.45, 7) is 1.86. The number of hydrogen-bond acceptors (Lipinski definition) is 5. The van der Waals surface area contributed by atoms with Crippen molar-refractivity contribution in [1.29, 1.82) is 0 Å². The number of phenols is 1. The number of ether oxygens (including phenoxy) is 1. The molecule has 0 heterocycles. The number of carbonyl (C=O) groups excluding carboxylic acids is 2. The molecule has 1 aromatic rings. The summed E-state index contributed by atoms with van der Waals surface area (Å²) in [5, 5.41) is 14.8. The Hall–Kier alpha value is -2.15. The molecule has 3 N–H and O–H groups in total. The predicted octanol–water partition coefficient (Wildman–Crippen LogP) is 1.47. The first-order valence-corrected chi connectivity index (χ1v) is 6.30. The van der Waals surface area contributed by atoms with Crippen molar-refractivity contribution in [3.8, 4) is 5.75 Å². The third-order valence-electron chi connectivity index (χ3n) is 2.44. The van der Waals surface area contributed by atoms with Crippen molar-refractivity contribution in [1.82, 2.24) is 5.32 Å². The van der Waals surface area contributed by atoms with Crippen LogP contribution in [0.4, 0.5) is 5.69 Å². The number of phenolic OH excluding ortho intramolecular Hbond substituents is 1. The van der Waals surface area contributed by atoms with Crippen LogP contribution in [-0.2, 0) is 14.3 Å². The lowest BCUT2D eigenvalue weighted by Gasteiger charge is -2.11. The summed E-state index contributed by atoms with van der Waals surface area (Å²) in [5.74, 6) is -0.836. The molecule has 0 saturated heterocycles. The maximum Gasteiger partial charge on any atom is 0.306 e. The molecular weight excluding hydrogens is 280 g/mol. The van der Waals surface area contributed by atoms with Crippen molar-refractivity contribution < 1.29 is 19.4 Å². The summed E-state index contributed by atoms with van der Waals surface area (Å²) in [7, 11) is 1.26. The molecule has 0 bridgehead atoms. The Bertz CT molecular complexity index is 531. The number of aryl methyl sites for hydroxylation is 1. The molecule has 0 aliphatic rings. The Morgan fingerprint density at radius 3 is 2.70 bits per heavy atom. The second-order valence-corrected chi connectivity index (χ2v) is 4.51. The second kappa shape index (κ2) is 7.44. The van der Waals surface area contributed by atoms with Gasteiger partial charge in [-0.2, -0.15) is 0 Å². The van der Waals surface area contributed by atoms with Crippen molar-refractivity contribution in [2.45, 2.75) is 19.8 Å². The van der Waals surface area contributed by atoms with E-state index in [0.29, 0.717) is 5.69 Å². The number of anilines is 1. The Labute approximate surface area is 122 Å². The molecule has 1 amide bonds. The van der Waals surface area contributed by atoms with E-state index in [0.717, 1.165) is 5.56 Å². The van der Waals surface area contributed by atoms with Gasteiger partial charge in [-0.25, -0.2) is 0 Å². The van der Waals surface area contributed by atoms with E-state index in [1.807, 2.05) is 6.92 Å². The summed E-state index contributed by atoms with van der Waals surface area (Å²) in [6, 6.07) is 4.97. The Kier molecular flexibility index (Phi) is 5.92. The van der Waals surface area contributed by atoms with Crippen LogP contribution in [0.25, 0.3) is 0 Å². The van der Waals surface area contributed by atoms with Gasteiger partial charge < -0.3 is 20.5 Å². The number of esters is 1. The van der Waals surface area contributed by atoms with Crippen LogP contribution in [0, 0.1) is 6.92 Å². The van der Waals surface area contributed by atoms with Crippen LogP contribution in [0.3, 0.4) is 0 Å². The van der Waals surface area contributed by atoms with Crippen molar-refractivity contribution in [3.63, 3.8) is 0 Å². The highest BCUT2D eigenvalue weighted by molar-refractivity contribution is 7.80. The summed E-state index contributed by atoms with van der Waals surface area (Å²) < 4.78 is 4.43. The van der Waals surface area contributed by atoms with Crippen molar-refractivity contribution >= 4 is 34.9 Å². The summed E-state index contributed by atoms with van der Waals surface area (Å²) in [5.41, 5.74) is 1.34. The Morgan fingerprint density at radius 1 is 1.35 bits per heavy atom. The number of aromatic hydroxyl groups is 1. The minimum absolute atomic E-state index is 0.0133. The first-order chi connectivity index (χ1) is 9.42. The SMILES string of the molecule is COC(=O)CCC(=O)NC(=S)Nc1cc(C)ccc1O. The van der Waals surface area contributed by atoms with Gasteiger partial charge >= 0.3 is 5.97 Å². The zero-order valence-electron chi connectivity index (χ0n) is 11.2. The van der Waals surface area contributed by atoms with Crippen LogP contribution in [0.1, 0.15) is 18.4 Å². The maximum absolute atomic E-state index is 11.5. The normalized spacial score (nSPS) is 9.70. The van der Waals surface area contributed by atoms with E-state index in [2.05, 4.69) is 15.4 Å². The molecular formula is C13H16N2O4S. The number of benzene rings is 1. The smallest absolute Gasteiger partial charge is 0.306 e. The molecule has 1 aromatic carbocycles. The summed E-state index contributed by atoms with van der Waals surface area (Å²) >= 11 is 4.95. The molecule has 0 fully saturated rings. The van der Waals surface area contributed by atoms with Gasteiger partial charge in [0.15, 0.2) is 5.11 Å². The highest BCUT2D eigenvalue weighted by atomic mass is 32.1. The van der Waals surface area contributed by atoms with Crippen molar-refractivity contribution in [3.05, 3.63) is 23.8 Å². The molecule has 0 radical (unpaired) electrons. The van der Waals surface area contributed by atoms with E-state index in [4.69, 9.17) is 12.2 Å². The third kappa shape index (κ3) is 5.23. The maximum atomic E-state index is 11.5. The van der Waals surface area contributed by atoms with E-state index in [9.17, 15) is 14.7 Å². The fraction of sp³-hybridized carbons (Fsp3) is 0.308. The highest BCUT2D eigenvalue weighted by Crippen LogP contribution is 2.23. The van der Waals surface area contributed by atoms with E-state index < -0.39 is 11.9 Å². The highest BCUT2D eigenvalue weighted by Gasteiger charge is 2.09. The van der Waals surface area contributed by atoms with Crippen molar-refractivity contribution in [2.75, 3.05) is 12.4 Å². The fourth-order valence-corrected chi connectivity index (χ4v) is 1.63. The van der Waals surface area contributed by atoms with Gasteiger partial charge in [0.2, 0.25) is 5.91 Å². The molecule has 20 heavy (non-hydrogen) atoms. The van der Waals surface area contributed by atoms with Crippen LogP contribution in [-0.4, -0.2) is 29.2 Å². The van der Waals surface area contributed by atoms with Gasteiger partial charge in [-0.1, -0.05) is 6.07 Å². The lowest BCUT2D eigenvalue weighted by Crippen LogP contribution is -2.34. The van der Waals surface area contributed by atoms with Gasteiger partial charge in [-0.15, -0.1) is 0 Å². The largest absolute Gasteiger partial charge is 0.506 e. The standard InChI is InChI=1S/C13H16N2O4S/c1-8-3-4-10(16)9(7-8)14-13(20)15-11(17)5-6-12(18)19-2/h3-4,7,16H,5-6H2,1-2H3,(H2,14,15,17,20). The van der Waals surface area contributed by atoms with Crippen LogP contribution < -0.4 is 10.6 Å². The van der Waals surface area contributed by atoms with Gasteiger partial charge in [0, 0.05) is 6.42 Å². The molecule has 0 aliphatic carbocycles. The summed E-state index contributed by atoms with van der Waals surface area (Å²) in [6.07, 6.45) is -0.0328. The van der Waals surface area contributed by atoms with Crippen LogP contribution in [0.5, 0.6) is 5.75 Å². The second-order valence-electron chi connectivity index (χ2n) is 4.10. The third-order valence-corrected chi connectivity index (χ3v) is 2.64. The van der Waals surface area contributed by atoms with Gasteiger partial charge in [0.05, 0.1) is 19.2 Å². The van der Waals surface area contributed by atoms with Gasteiger partial charge in [0.1, 0.15) is 5.75 Å². The fourth-order valence-electron chi connectivity index (χ4n) is 1.41. The quantitative estimate of drug-likeness (QED) is 0.443. The van der Waals surface area contributed by atoms with Crippen LogP contribution in [0.15, 0.2) is 18.2 Å². The number of amides is 1. The van der Waals surface area contributed by atoms with E-state index in [1.165, 1.54) is 13.2 Å². The summed E-state index contributed by atoms with van der Waals surface area (Å²) in [4.78, 5) is 22.4. The molecule has 0 unspecified atom stereocenters. The zero-order chi connectivity index (χ0) is 15.1. The van der Waals surface area contributed by atoms with Crippen LogP contribution in [0.2, 0.25) is 0 Å². The molecule has 6 nitrogen and oxygen atoms in total. The molecule has 0 aromatic heterocycles. The van der Waals surface area contributed by atoms with E-state index >= 15 is 0 Å². The van der Waals surface area contributed by atoms with Gasteiger partial charge in [0.25, 0.3) is 0 Å². The predicted molar refractivity (Wildman–Crippen MR) is 78.5 cm³/mol. The van der Waals surface area contributed by atoms with Gasteiger partial charge in [-0.3, -0.25) is 9.59 Å². The molecule has 0 atom stereocenters. The molecule has 0 aliphatic heterocycles. The number of methoxy groups -OCH3 is 1. The average molecular weight is 296 g/mol. The molecule has 108 valence electrons. The van der Waals surface area contributed by atoms with Crippen LogP contribution >= 0.6 is 12.2 Å². The number of nitrogens with one attached hydrogen (secondary N) is 2. The van der Waals surface area contributed by atoms with E-state index in [1.54, 1.807) is 12.1 Å². The monoisotopic (exact) mass is 296 g/mol. The Balaban J connectivity index is 2.49. The lowest BCUT2D eigenvalue weighted by molar-refractivity contribution is -0.142. The molecule has 0 spiro atoms. The average Bonchev–Trinajstić information content (AvgIpc) is 2.40. The molecule has 0 saturated carbocycles. The minimum atomic E-state index is -0.463. The lowest BCUT2D eigenvalue weighted by atomic mass is 10.2. The van der Waals surface area contributed by atoms with Crippen molar-refractivity contribution in [2.24, 2.45) is 0 Å². The first-order valence-electron chi connectivity index (χ1n) is 5.89.